The second-order valence-electron chi connectivity index (χ2n) is 3.89. The number of hydrogen-bond donors (Lipinski definition) is 2. The monoisotopic (exact) mass is 252 g/mol. The molecule has 92 valence electrons. The van der Waals surface area contributed by atoms with E-state index in [0.717, 1.165) is 23.0 Å². The fourth-order valence-electron chi connectivity index (χ4n) is 1.39. The molecule has 0 atom stereocenters. The van der Waals surface area contributed by atoms with Crippen LogP contribution in [0.2, 0.25) is 0 Å². The molecule has 2 rings (SSSR count). The number of nitrogen functional groups attached to an aromatic ring is 1. The van der Waals surface area contributed by atoms with Gasteiger partial charge in [-0.05, 0) is 14.1 Å². The highest BCUT2D eigenvalue weighted by atomic mass is 32.2. The number of aromatic nitrogens is 3. The van der Waals surface area contributed by atoms with Gasteiger partial charge in [-0.2, -0.15) is 0 Å². The Hall–Kier alpha value is -1.31. The minimum atomic E-state index is 0.642. The summed E-state index contributed by atoms with van der Waals surface area (Å²) >= 11 is 1.68. The first-order valence-electron chi connectivity index (χ1n) is 5.28. The van der Waals surface area contributed by atoms with Gasteiger partial charge in [-0.3, -0.25) is 0 Å². The lowest BCUT2D eigenvalue weighted by molar-refractivity contribution is 0.437. The van der Waals surface area contributed by atoms with Crippen molar-refractivity contribution < 1.29 is 0 Å². The molecular weight excluding hydrogens is 236 g/mol. The molecule has 0 spiro atoms. The molecule has 0 fully saturated rings. The van der Waals surface area contributed by atoms with Crippen molar-refractivity contribution in [2.45, 2.75) is 5.03 Å². The van der Waals surface area contributed by atoms with Crippen molar-refractivity contribution in [1.82, 2.24) is 19.3 Å². The quantitative estimate of drug-likeness (QED) is 0.463. The molecule has 0 unspecified atom stereocenters. The van der Waals surface area contributed by atoms with Gasteiger partial charge in [0.1, 0.15) is 5.03 Å². The number of nitrogens with one attached hydrogen (secondary N) is 1. The molecule has 0 aliphatic carbocycles. The summed E-state index contributed by atoms with van der Waals surface area (Å²) in [6.45, 7) is 1.000. The molecule has 0 aliphatic heterocycles. The summed E-state index contributed by atoms with van der Waals surface area (Å²) in [6.07, 6.45) is 5.46. The number of hydrazine groups is 1. The predicted molar refractivity (Wildman–Crippen MR) is 70.1 cm³/mol. The van der Waals surface area contributed by atoms with Gasteiger partial charge in [-0.25, -0.2) is 15.8 Å². The number of thioether (sulfide) groups is 1. The van der Waals surface area contributed by atoms with Crippen LogP contribution < -0.4 is 11.3 Å². The lowest BCUT2D eigenvalue weighted by atomic mass is 10.6. The standard InChI is InChI=1S/C10H16N6S/c1-15(2)5-6-17-10-9-12-3-4-16(9)7-8(13-10)14-11/h3-4,7,14H,5-6,11H2,1-2H3. The molecular formula is C10H16N6S. The molecule has 6 nitrogen and oxygen atoms in total. The maximum absolute atomic E-state index is 5.39. The van der Waals surface area contributed by atoms with Crippen LogP contribution in [0.15, 0.2) is 23.6 Å². The normalized spacial score (nSPS) is 11.3. The molecule has 17 heavy (non-hydrogen) atoms. The summed E-state index contributed by atoms with van der Waals surface area (Å²) in [7, 11) is 4.11. The number of fused-ring (bicyclic) bond motifs is 1. The van der Waals surface area contributed by atoms with E-state index in [1.807, 2.05) is 16.8 Å². The first-order chi connectivity index (χ1) is 8.20. The molecule has 2 aromatic rings. The van der Waals surface area contributed by atoms with Crippen molar-refractivity contribution in [3.63, 3.8) is 0 Å². The summed E-state index contributed by atoms with van der Waals surface area (Å²) in [6, 6.07) is 0. The summed E-state index contributed by atoms with van der Waals surface area (Å²) in [5.74, 6) is 7.00. The van der Waals surface area contributed by atoms with Crippen LogP contribution in [0.1, 0.15) is 0 Å². The third-order valence-corrected chi connectivity index (χ3v) is 3.20. The molecule has 2 heterocycles. The van der Waals surface area contributed by atoms with Gasteiger partial charge < -0.3 is 14.7 Å². The Kier molecular flexibility index (Phi) is 3.82. The van der Waals surface area contributed by atoms with Crippen molar-refractivity contribution in [2.75, 3.05) is 31.8 Å². The Labute approximate surface area is 104 Å². The zero-order valence-electron chi connectivity index (χ0n) is 9.92. The van der Waals surface area contributed by atoms with Gasteiger partial charge in [-0.1, -0.05) is 0 Å². The molecule has 0 amide bonds. The summed E-state index contributed by atoms with van der Waals surface area (Å²) < 4.78 is 1.92. The van der Waals surface area contributed by atoms with Gasteiger partial charge in [0.2, 0.25) is 0 Å². The van der Waals surface area contributed by atoms with Gasteiger partial charge in [0, 0.05) is 24.7 Å². The van der Waals surface area contributed by atoms with Crippen LogP contribution in [-0.2, 0) is 0 Å². The average Bonchev–Trinajstić information content (AvgIpc) is 2.76. The zero-order valence-corrected chi connectivity index (χ0v) is 10.7. The van der Waals surface area contributed by atoms with Gasteiger partial charge >= 0.3 is 0 Å². The van der Waals surface area contributed by atoms with Gasteiger partial charge in [0.25, 0.3) is 0 Å². The van der Waals surface area contributed by atoms with Crippen LogP contribution in [0.25, 0.3) is 5.65 Å². The second kappa shape index (κ2) is 5.35. The molecule has 0 saturated heterocycles. The molecule has 0 aromatic carbocycles. The highest BCUT2D eigenvalue weighted by Crippen LogP contribution is 2.22. The van der Waals surface area contributed by atoms with Crippen LogP contribution in [0, 0.1) is 0 Å². The highest BCUT2D eigenvalue weighted by molar-refractivity contribution is 7.99. The Morgan fingerprint density at radius 1 is 1.53 bits per heavy atom. The molecule has 0 radical (unpaired) electrons. The smallest absolute Gasteiger partial charge is 0.169 e. The fraction of sp³-hybridized carbons (Fsp3) is 0.400. The Bertz CT molecular complexity index is 495. The van der Waals surface area contributed by atoms with E-state index < -0.39 is 0 Å². The summed E-state index contributed by atoms with van der Waals surface area (Å²) in [4.78, 5) is 10.8. The van der Waals surface area contributed by atoms with E-state index in [-0.39, 0.29) is 0 Å². The van der Waals surface area contributed by atoms with E-state index in [4.69, 9.17) is 5.84 Å². The predicted octanol–water partition coefficient (Wildman–Crippen LogP) is 0.669. The first kappa shape index (κ1) is 12.2. The molecule has 7 heteroatoms. The summed E-state index contributed by atoms with van der Waals surface area (Å²) in [5, 5.41) is 0.896. The zero-order chi connectivity index (χ0) is 12.3. The highest BCUT2D eigenvalue weighted by Gasteiger charge is 2.07. The fourth-order valence-corrected chi connectivity index (χ4v) is 2.49. The Morgan fingerprint density at radius 3 is 3.06 bits per heavy atom. The number of nitrogens with zero attached hydrogens (tertiary/aromatic N) is 4. The summed E-state index contributed by atoms with van der Waals surface area (Å²) in [5.41, 5.74) is 3.43. The van der Waals surface area contributed by atoms with Crippen LogP contribution >= 0.6 is 11.8 Å². The lowest BCUT2D eigenvalue weighted by Gasteiger charge is -2.09. The van der Waals surface area contributed by atoms with Crippen molar-refractivity contribution in [3.05, 3.63) is 18.6 Å². The molecule has 3 N–H and O–H groups in total. The van der Waals surface area contributed by atoms with Gasteiger partial charge in [0.15, 0.2) is 11.5 Å². The number of nitrogens with two attached hydrogens (primary N) is 1. The van der Waals surface area contributed by atoms with Crippen molar-refractivity contribution in [1.29, 1.82) is 0 Å². The number of rotatable bonds is 5. The van der Waals surface area contributed by atoms with E-state index in [2.05, 4.69) is 34.4 Å². The van der Waals surface area contributed by atoms with Crippen molar-refractivity contribution in [2.24, 2.45) is 5.84 Å². The topological polar surface area (TPSA) is 71.5 Å². The average molecular weight is 252 g/mol. The largest absolute Gasteiger partial charge is 0.309 e. The molecule has 0 bridgehead atoms. The van der Waals surface area contributed by atoms with Crippen molar-refractivity contribution >= 4 is 23.2 Å². The number of hydrogen-bond acceptors (Lipinski definition) is 6. The minimum Gasteiger partial charge on any atom is -0.309 e. The van der Waals surface area contributed by atoms with Crippen LogP contribution in [0.5, 0.6) is 0 Å². The van der Waals surface area contributed by atoms with Crippen LogP contribution in [-0.4, -0.2) is 45.7 Å². The number of imidazole rings is 1. The van der Waals surface area contributed by atoms with Crippen LogP contribution in [0.3, 0.4) is 0 Å². The first-order valence-corrected chi connectivity index (χ1v) is 6.27. The third-order valence-electron chi connectivity index (χ3n) is 2.27. The third kappa shape index (κ3) is 2.87. The Balaban J connectivity index is 2.21. The van der Waals surface area contributed by atoms with Crippen molar-refractivity contribution in [3.8, 4) is 0 Å². The van der Waals surface area contributed by atoms with Gasteiger partial charge in [0.05, 0.1) is 6.20 Å². The number of anilines is 1. The SMILES string of the molecule is CN(C)CCSc1nc(NN)cn2ccnc12. The van der Waals surface area contributed by atoms with E-state index >= 15 is 0 Å². The second-order valence-corrected chi connectivity index (χ2v) is 4.97. The molecule has 0 aliphatic rings. The van der Waals surface area contributed by atoms with E-state index in [0.29, 0.717) is 5.82 Å². The molecule has 2 aromatic heterocycles. The van der Waals surface area contributed by atoms with Gasteiger partial charge in [-0.15, -0.1) is 11.8 Å². The minimum absolute atomic E-state index is 0.642. The van der Waals surface area contributed by atoms with Crippen LogP contribution in [0.4, 0.5) is 5.82 Å². The van der Waals surface area contributed by atoms with E-state index in [9.17, 15) is 0 Å². The van der Waals surface area contributed by atoms with E-state index in [1.54, 1.807) is 18.0 Å². The Morgan fingerprint density at radius 2 is 2.35 bits per heavy atom. The van der Waals surface area contributed by atoms with E-state index in [1.165, 1.54) is 0 Å². The lowest BCUT2D eigenvalue weighted by Crippen LogP contribution is -2.15. The maximum atomic E-state index is 5.39. The maximum Gasteiger partial charge on any atom is 0.169 e. The molecule has 0 saturated carbocycles.